The molecule has 3 N–H and O–H groups in total. The molecule has 1 aromatic carbocycles. The lowest BCUT2D eigenvalue weighted by molar-refractivity contribution is -0.124. The van der Waals surface area contributed by atoms with Gasteiger partial charge in [-0.25, -0.2) is 0 Å². The summed E-state index contributed by atoms with van der Waals surface area (Å²) in [6, 6.07) is 7.34. The van der Waals surface area contributed by atoms with Crippen molar-refractivity contribution in [1.82, 2.24) is 15.5 Å². The van der Waals surface area contributed by atoms with Gasteiger partial charge in [-0.05, 0) is 25.7 Å². The predicted molar refractivity (Wildman–Crippen MR) is 77.3 cm³/mol. The maximum Gasteiger partial charge on any atom is 0.243 e. The van der Waals surface area contributed by atoms with Crippen molar-refractivity contribution < 1.29 is 9.59 Å². The summed E-state index contributed by atoms with van der Waals surface area (Å²) in [6.07, 6.45) is 0. The highest BCUT2D eigenvalue weighted by molar-refractivity contribution is 5.97. The molecule has 1 atom stereocenters. The number of amides is 2. The molecule has 1 fully saturated rings. The van der Waals surface area contributed by atoms with Crippen molar-refractivity contribution in [2.24, 2.45) is 0 Å². The number of para-hydroxylation sites is 1. The second-order valence-electron chi connectivity index (χ2n) is 5.12. The molecule has 0 saturated carbocycles. The molecule has 2 rings (SSSR count). The Hall–Kier alpha value is -1.92. The summed E-state index contributed by atoms with van der Waals surface area (Å²) in [7, 11) is 3.97. The topological polar surface area (TPSA) is 73.5 Å². The first-order chi connectivity index (χ1) is 9.56. The molecule has 1 aliphatic rings. The fourth-order valence-electron chi connectivity index (χ4n) is 2.09. The number of piperazine rings is 1. The van der Waals surface area contributed by atoms with Crippen LogP contribution in [0.25, 0.3) is 0 Å². The van der Waals surface area contributed by atoms with Crippen molar-refractivity contribution in [3.8, 4) is 0 Å². The van der Waals surface area contributed by atoms with Crippen LogP contribution in [0.15, 0.2) is 24.3 Å². The van der Waals surface area contributed by atoms with Crippen molar-refractivity contribution in [3.05, 3.63) is 29.8 Å². The first-order valence-electron chi connectivity index (χ1n) is 6.60. The summed E-state index contributed by atoms with van der Waals surface area (Å²) in [6.45, 7) is 1.25. The summed E-state index contributed by atoms with van der Waals surface area (Å²) < 4.78 is 0. The minimum Gasteiger partial charge on any atom is -0.353 e. The van der Waals surface area contributed by atoms with Gasteiger partial charge in [0, 0.05) is 18.8 Å². The predicted octanol–water partition coefficient (Wildman–Crippen LogP) is -0.225. The third-order valence-corrected chi connectivity index (χ3v) is 3.09. The van der Waals surface area contributed by atoms with E-state index in [2.05, 4.69) is 16.0 Å². The van der Waals surface area contributed by atoms with E-state index in [-0.39, 0.29) is 24.4 Å². The van der Waals surface area contributed by atoms with E-state index in [1.54, 1.807) is 0 Å². The molecule has 1 aromatic rings. The summed E-state index contributed by atoms with van der Waals surface area (Å²) >= 11 is 0. The van der Waals surface area contributed by atoms with Crippen molar-refractivity contribution in [1.29, 1.82) is 0 Å². The highest BCUT2D eigenvalue weighted by Crippen LogP contribution is 2.16. The quantitative estimate of drug-likeness (QED) is 0.710. The lowest BCUT2D eigenvalue weighted by Gasteiger charge is -2.24. The average molecular weight is 276 g/mol. The molecular formula is C14H20N4O2. The molecular weight excluding hydrogens is 256 g/mol. The third-order valence-electron chi connectivity index (χ3n) is 3.09. The molecule has 1 saturated heterocycles. The first-order valence-corrected chi connectivity index (χ1v) is 6.60. The van der Waals surface area contributed by atoms with Crippen LogP contribution in [0.4, 0.5) is 5.69 Å². The second-order valence-corrected chi connectivity index (χ2v) is 5.12. The van der Waals surface area contributed by atoms with Crippen LogP contribution in [-0.2, 0) is 16.1 Å². The van der Waals surface area contributed by atoms with Gasteiger partial charge in [0.25, 0.3) is 0 Å². The first kappa shape index (κ1) is 14.5. The third kappa shape index (κ3) is 3.79. The Bertz CT molecular complexity index is 492. The van der Waals surface area contributed by atoms with Crippen molar-refractivity contribution >= 4 is 17.5 Å². The number of rotatable bonds is 4. The van der Waals surface area contributed by atoms with E-state index in [0.717, 1.165) is 17.8 Å². The van der Waals surface area contributed by atoms with Crippen LogP contribution in [0.3, 0.4) is 0 Å². The standard InChI is InChI=1S/C14H20N4O2/c1-18(2)9-10-5-3-4-6-11(10)17-14(20)12-7-16-13(19)8-15-12/h3-6,12,15H,7-9H2,1-2H3,(H,16,19)(H,17,20). The largest absolute Gasteiger partial charge is 0.353 e. The van der Waals surface area contributed by atoms with Crippen LogP contribution in [0.1, 0.15) is 5.56 Å². The molecule has 1 aliphatic heterocycles. The summed E-state index contributed by atoms with van der Waals surface area (Å²) in [4.78, 5) is 25.3. The number of benzene rings is 1. The molecule has 1 unspecified atom stereocenters. The molecule has 0 aromatic heterocycles. The zero-order valence-corrected chi connectivity index (χ0v) is 11.8. The maximum atomic E-state index is 12.2. The van der Waals surface area contributed by atoms with Gasteiger partial charge >= 0.3 is 0 Å². The van der Waals surface area contributed by atoms with Gasteiger partial charge in [0.05, 0.1) is 6.54 Å². The summed E-state index contributed by atoms with van der Waals surface area (Å²) in [5.74, 6) is -0.210. The number of carbonyl (C=O) groups excluding carboxylic acids is 2. The number of nitrogens with one attached hydrogen (secondary N) is 3. The zero-order chi connectivity index (χ0) is 14.5. The van der Waals surface area contributed by atoms with Crippen LogP contribution in [0.2, 0.25) is 0 Å². The van der Waals surface area contributed by atoms with Gasteiger partial charge in [-0.15, -0.1) is 0 Å². The molecule has 0 spiro atoms. The fraction of sp³-hybridized carbons (Fsp3) is 0.429. The van der Waals surface area contributed by atoms with E-state index in [4.69, 9.17) is 0 Å². The molecule has 2 amide bonds. The van der Waals surface area contributed by atoms with E-state index in [1.807, 2.05) is 43.3 Å². The minimum absolute atomic E-state index is 0.0814. The van der Waals surface area contributed by atoms with Crippen LogP contribution in [0, 0.1) is 0 Å². The molecule has 6 nitrogen and oxygen atoms in total. The van der Waals surface area contributed by atoms with Gasteiger partial charge in [-0.3, -0.25) is 14.9 Å². The van der Waals surface area contributed by atoms with Crippen LogP contribution in [-0.4, -0.2) is 49.9 Å². The van der Waals surface area contributed by atoms with Gasteiger partial charge in [0.2, 0.25) is 11.8 Å². The molecule has 108 valence electrons. The highest BCUT2D eigenvalue weighted by atomic mass is 16.2. The Kier molecular flexibility index (Phi) is 4.70. The number of hydrogen-bond donors (Lipinski definition) is 3. The number of hydrogen-bond acceptors (Lipinski definition) is 4. The average Bonchev–Trinajstić information content (AvgIpc) is 2.41. The van der Waals surface area contributed by atoms with Crippen LogP contribution < -0.4 is 16.0 Å². The molecule has 20 heavy (non-hydrogen) atoms. The van der Waals surface area contributed by atoms with Gasteiger partial charge in [0.1, 0.15) is 6.04 Å². The van der Waals surface area contributed by atoms with E-state index in [0.29, 0.717) is 6.54 Å². The van der Waals surface area contributed by atoms with Gasteiger partial charge < -0.3 is 15.5 Å². The minimum atomic E-state index is -0.389. The molecule has 1 heterocycles. The maximum absolute atomic E-state index is 12.2. The zero-order valence-electron chi connectivity index (χ0n) is 11.8. The Morgan fingerprint density at radius 1 is 1.40 bits per heavy atom. The monoisotopic (exact) mass is 276 g/mol. The fourth-order valence-corrected chi connectivity index (χ4v) is 2.09. The molecule has 0 bridgehead atoms. The van der Waals surface area contributed by atoms with Crippen molar-refractivity contribution in [3.63, 3.8) is 0 Å². The number of carbonyl (C=O) groups is 2. The van der Waals surface area contributed by atoms with E-state index in [9.17, 15) is 9.59 Å². The van der Waals surface area contributed by atoms with E-state index in [1.165, 1.54) is 0 Å². The lowest BCUT2D eigenvalue weighted by Crippen LogP contribution is -2.56. The molecule has 6 heteroatoms. The highest BCUT2D eigenvalue weighted by Gasteiger charge is 2.24. The SMILES string of the molecule is CN(C)Cc1ccccc1NC(=O)C1CNC(=O)CN1. The molecule has 0 radical (unpaired) electrons. The number of nitrogens with zero attached hydrogens (tertiary/aromatic N) is 1. The smallest absolute Gasteiger partial charge is 0.243 e. The Balaban J connectivity index is 2.02. The Morgan fingerprint density at radius 3 is 2.80 bits per heavy atom. The normalized spacial score (nSPS) is 18.8. The number of anilines is 1. The van der Waals surface area contributed by atoms with E-state index >= 15 is 0 Å². The van der Waals surface area contributed by atoms with E-state index < -0.39 is 0 Å². The van der Waals surface area contributed by atoms with Gasteiger partial charge in [0.15, 0.2) is 0 Å². The van der Waals surface area contributed by atoms with Crippen molar-refractivity contribution in [2.45, 2.75) is 12.6 Å². The second kappa shape index (κ2) is 6.49. The van der Waals surface area contributed by atoms with Gasteiger partial charge in [-0.2, -0.15) is 0 Å². The summed E-state index contributed by atoms with van der Waals surface area (Å²) in [5, 5.41) is 8.51. The molecule has 0 aliphatic carbocycles. The summed E-state index contributed by atoms with van der Waals surface area (Å²) in [5.41, 5.74) is 1.87. The Labute approximate surface area is 118 Å². The van der Waals surface area contributed by atoms with Crippen LogP contribution in [0.5, 0.6) is 0 Å². The van der Waals surface area contributed by atoms with Crippen LogP contribution >= 0.6 is 0 Å². The van der Waals surface area contributed by atoms with Crippen molar-refractivity contribution in [2.75, 3.05) is 32.5 Å². The Morgan fingerprint density at radius 2 is 2.15 bits per heavy atom. The van der Waals surface area contributed by atoms with Gasteiger partial charge in [-0.1, -0.05) is 18.2 Å². The lowest BCUT2D eigenvalue weighted by atomic mass is 10.1.